The van der Waals surface area contributed by atoms with Crippen LogP contribution >= 0.6 is 0 Å². The summed E-state index contributed by atoms with van der Waals surface area (Å²) >= 11 is 0. The maximum Gasteiger partial charge on any atom is 0.414 e. The third-order valence-corrected chi connectivity index (χ3v) is 4.27. The van der Waals surface area contributed by atoms with Crippen molar-refractivity contribution in [3.63, 3.8) is 0 Å². The van der Waals surface area contributed by atoms with E-state index in [1.807, 2.05) is 12.1 Å². The number of rotatable bonds is 6. The number of aliphatic hydroxyl groups is 1. The summed E-state index contributed by atoms with van der Waals surface area (Å²) in [7, 11) is 0. The zero-order chi connectivity index (χ0) is 19.6. The van der Waals surface area contributed by atoms with Gasteiger partial charge in [0.2, 0.25) is 0 Å². The van der Waals surface area contributed by atoms with Crippen molar-refractivity contribution in [2.24, 2.45) is 0 Å². The molecule has 1 unspecified atom stereocenters. The fourth-order valence-electron chi connectivity index (χ4n) is 2.89. The number of hydrogen-bond donors (Lipinski definition) is 3. The van der Waals surface area contributed by atoms with Gasteiger partial charge in [-0.1, -0.05) is 6.07 Å². The van der Waals surface area contributed by atoms with Crippen LogP contribution in [0.5, 0.6) is 0 Å². The van der Waals surface area contributed by atoms with Gasteiger partial charge in [0.15, 0.2) is 0 Å². The highest BCUT2D eigenvalue weighted by Gasteiger charge is 2.16. The summed E-state index contributed by atoms with van der Waals surface area (Å²) < 4.78 is 11.1. The van der Waals surface area contributed by atoms with Crippen molar-refractivity contribution in [1.29, 1.82) is 0 Å². The van der Waals surface area contributed by atoms with Crippen LogP contribution in [-0.2, 0) is 20.7 Å². The van der Waals surface area contributed by atoms with Crippen LogP contribution in [0.25, 0.3) is 11.0 Å². The molecule has 8 heteroatoms. The SMILES string of the molecule is O=C(O)C(=O)O.OC1CCCN(CCOCCc2ccc3occc3c2)C1. The standard InChI is InChI=1S/C17H23NO3.C2H2O4/c19-16-2-1-7-18(13-16)8-11-20-9-5-14-3-4-17-15(12-14)6-10-21-17;3-1(4)2(5)6/h3-4,6,10,12,16,19H,1-2,5,7-9,11,13H2;(H,3,4)(H,5,6). The first-order valence-electron chi connectivity index (χ1n) is 8.86. The molecule has 3 N–H and O–H groups in total. The molecule has 1 atom stereocenters. The molecule has 0 aliphatic carbocycles. The Balaban J connectivity index is 0.000000380. The van der Waals surface area contributed by atoms with E-state index < -0.39 is 11.9 Å². The molecule has 2 aromatic rings. The van der Waals surface area contributed by atoms with Crippen molar-refractivity contribution in [3.05, 3.63) is 36.1 Å². The molecule has 1 fully saturated rings. The summed E-state index contributed by atoms with van der Waals surface area (Å²) in [5.74, 6) is -3.65. The number of carboxylic acid groups (broad SMARTS) is 2. The molecule has 0 saturated carbocycles. The van der Waals surface area contributed by atoms with Crippen molar-refractivity contribution in [2.45, 2.75) is 25.4 Å². The Hall–Kier alpha value is -2.42. The number of fused-ring (bicyclic) bond motifs is 1. The summed E-state index contributed by atoms with van der Waals surface area (Å²) in [5.41, 5.74) is 2.21. The van der Waals surface area contributed by atoms with E-state index in [9.17, 15) is 5.11 Å². The average Bonchev–Trinajstić information content (AvgIpc) is 3.10. The average molecular weight is 379 g/mol. The van der Waals surface area contributed by atoms with Crippen LogP contribution < -0.4 is 0 Å². The lowest BCUT2D eigenvalue weighted by Gasteiger charge is -2.29. The number of furan rings is 1. The molecule has 0 radical (unpaired) electrons. The van der Waals surface area contributed by atoms with Crippen molar-refractivity contribution in [2.75, 3.05) is 32.8 Å². The van der Waals surface area contributed by atoms with Crippen LogP contribution in [0.3, 0.4) is 0 Å². The molecule has 1 aliphatic rings. The minimum atomic E-state index is -1.82. The minimum Gasteiger partial charge on any atom is -0.473 e. The molecule has 1 saturated heterocycles. The van der Waals surface area contributed by atoms with Crippen LogP contribution in [0.1, 0.15) is 18.4 Å². The van der Waals surface area contributed by atoms with E-state index in [0.717, 1.165) is 63.1 Å². The first-order valence-corrected chi connectivity index (χ1v) is 8.86. The number of nitrogens with zero attached hydrogens (tertiary/aromatic N) is 1. The molecule has 2 heterocycles. The Morgan fingerprint density at radius 3 is 2.67 bits per heavy atom. The number of piperidine rings is 1. The van der Waals surface area contributed by atoms with E-state index in [4.69, 9.17) is 29.0 Å². The molecule has 0 amide bonds. The lowest BCUT2D eigenvalue weighted by atomic mass is 10.1. The highest BCUT2D eigenvalue weighted by molar-refractivity contribution is 6.27. The van der Waals surface area contributed by atoms with Crippen LogP contribution in [0, 0.1) is 0 Å². The van der Waals surface area contributed by atoms with Crippen molar-refractivity contribution >= 4 is 22.9 Å². The zero-order valence-electron chi connectivity index (χ0n) is 15.0. The van der Waals surface area contributed by atoms with E-state index in [1.54, 1.807) is 6.26 Å². The predicted molar refractivity (Wildman–Crippen MR) is 97.7 cm³/mol. The number of aliphatic carboxylic acids is 2. The number of aliphatic hydroxyl groups excluding tert-OH is 1. The Morgan fingerprint density at radius 2 is 1.96 bits per heavy atom. The summed E-state index contributed by atoms with van der Waals surface area (Å²) in [6.07, 6.45) is 4.52. The van der Waals surface area contributed by atoms with Crippen molar-refractivity contribution in [1.82, 2.24) is 4.90 Å². The number of hydrogen-bond acceptors (Lipinski definition) is 6. The van der Waals surface area contributed by atoms with E-state index in [2.05, 4.69) is 17.0 Å². The highest BCUT2D eigenvalue weighted by atomic mass is 16.5. The normalized spacial score (nSPS) is 17.3. The predicted octanol–water partition coefficient (Wildman–Crippen LogP) is 1.60. The smallest absolute Gasteiger partial charge is 0.414 e. The maximum atomic E-state index is 9.61. The summed E-state index contributed by atoms with van der Waals surface area (Å²) in [6, 6.07) is 8.25. The topological polar surface area (TPSA) is 120 Å². The Kier molecular flexibility index (Phi) is 8.25. The van der Waals surface area contributed by atoms with Crippen molar-refractivity contribution in [3.8, 4) is 0 Å². The van der Waals surface area contributed by atoms with Gasteiger partial charge >= 0.3 is 11.9 Å². The van der Waals surface area contributed by atoms with Gasteiger partial charge in [-0.3, -0.25) is 4.90 Å². The first kappa shape index (κ1) is 20.9. The molecule has 0 spiro atoms. The van der Waals surface area contributed by atoms with E-state index in [1.165, 1.54) is 5.56 Å². The molecular formula is C19H25NO7. The lowest BCUT2D eigenvalue weighted by Crippen LogP contribution is -2.40. The number of benzene rings is 1. The number of likely N-dealkylation sites (tertiary alicyclic amines) is 1. The zero-order valence-corrected chi connectivity index (χ0v) is 15.0. The lowest BCUT2D eigenvalue weighted by molar-refractivity contribution is -0.159. The van der Waals surface area contributed by atoms with Crippen LogP contribution in [-0.4, -0.2) is 71.1 Å². The van der Waals surface area contributed by atoms with Gasteiger partial charge in [0, 0.05) is 18.5 Å². The summed E-state index contributed by atoms with van der Waals surface area (Å²) in [6.45, 7) is 4.26. The molecule has 8 nitrogen and oxygen atoms in total. The van der Waals surface area contributed by atoms with E-state index >= 15 is 0 Å². The van der Waals surface area contributed by atoms with Gasteiger partial charge < -0.3 is 24.5 Å². The minimum absolute atomic E-state index is 0.152. The van der Waals surface area contributed by atoms with Crippen LogP contribution in [0.2, 0.25) is 0 Å². The Labute approximate surface area is 157 Å². The molecule has 1 aromatic carbocycles. The number of ether oxygens (including phenoxy) is 1. The third-order valence-electron chi connectivity index (χ3n) is 4.27. The highest BCUT2D eigenvalue weighted by Crippen LogP contribution is 2.17. The Morgan fingerprint density at radius 1 is 1.19 bits per heavy atom. The third kappa shape index (κ3) is 7.38. The number of carboxylic acids is 2. The second-order valence-corrected chi connectivity index (χ2v) is 6.36. The largest absolute Gasteiger partial charge is 0.473 e. The van der Waals surface area contributed by atoms with Gasteiger partial charge in [-0.05, 0) is 49.6 Å². The fourth-order valence-corrected chi connectivity index (χ4v) is 2.89. The van der Waals surface area contributed by atoms with Gasteiger partial charge in [0.25, 0.3) is 0 Å². The second kappa shape index (κ2) is 10.7. The van der Waals surface area contributed by atoms with Gasteiger partial charge in [0.1, 0.15) is 5.58 Å². The molecular weight excluding hydrogens is 354 g/mol. The van der Waals surface area contributed by atoms with E-state index in [-0.39, 0.29) is 6.10 Å². The molecule has 148 valence electrons. The van der Waals surface area contributed by atoms with Crippen molar-refractivity contribution < 1.29 is 34.1 Å². The van der Waals surface area contributed by atoms with Gasteiger partial charge in [-0.25, -0.2) is 9.59 Å². The summed E-state index contributed by atoms with van der Waals surface area (Å²) in [4.78, 5) is 20.5. The first-order chi connectivity index (χ1) is 13.0. The van der Waals surface area contributed by atoms with Gasteiger partial charge in [-0.2, -0.15) is 0 Å². The molecule has 3 rings (SSSR count). The molecule has 0 bridgehead atoms. The van der Waals surface area contributed by atoms with Gasteiger partial charge in [-0.15, -0.1) is 0 Å². The monoisotopic (exact) mass is 379 g/mol. The van der Waals surface area contributed by atoms with Gasteiger partial charge in [0.05, 0.1) is 25.6 Å². The Bertz CT molecular complexity index is 730. The summed E-state index contributed by atoms with van der Waals surface area (Å²) in [5, 5.41) is 25.5. The second-order valence-electron chi connectivity index (χ2n) is 6.36. The van der Waals surface area contributed by atoms with Crippen LogP contribution in [0.4, 0.5) is 0 Å². The fraction of sp³-hybridized carbons (Fsp3) is 0.474. The molecule has 1 aromatic heterocycles. The maximum absolute atomic E-state index is 9.61. The number of carbonyl (C=O) groups is 2. The number of β-amino-alcohol motifs (C(OH)–C–C–N with tert-alkyl or cyclic N) is 1. The molecule has 27 heavy (non-hydrogen) atoms. The van der Waals surface area contributed by atoms with Crippen LogP contribution in [0.15, 0.2) is 34.9 Å². The quantitative estimate of drug-likeness (QED) is 0.511. The van der Waals surface area contributed by atoms with E-state index in [0.29, 0.717) is 0 Å². The molecule has 1 aliphatic heterocycles.